The lowest BCUT2D eigenvalue weighted by atomic mass is 10.0. The third kappa shape index (κ3) is 16.7. The van der Waals surface area contributed by atoms with Crippen LogP contribution >= 0.6 is 22.6 Å². The van der Waals surface area contributed by atoms with Crippen LogP contribution in [0.5, 0.6) is 0 Å². The second-order valence-corrected chi connectivity index (χ2v) is 7.19. The van der Waals surface area contributed by atoms with Gasteiger partial charge >= 0.3 is 0 Å². The highest BCUT2D eigenvalue weighted by molar-refractivity contribution is 14.1. The highest BCUT2D eigenvalue weighted by atomic mass is 127. The first-order valence-corrected chi connectivity index (χ1v) is 9.86. The zero-order valence-electron chi connectivity index (χ0n) is 12.9. The van der Waals surface area contributed by atoms with Gasteiger partial charge < -0.3 is 0 Å². The lowest BCUT2D eigenvalue weighted by Gasteiger charge is -2.04. The van der Waals surface area contributed by atoms with Crippen LogP contribution in [0.2, 0.25) is 0 Å². The highest BCUT2D eigenvalue weighted by Gasteiger charge is 1.95. The predicted molar refractivity (Wildman–Crippen MR) is 93.7 cm³/mol. The van der Waals surface area contributed by atoms with Gasteiger partial charge in [-0.05, 0) is 16.8 Å². The summed E-state index contributed by atoms with van der Waals surface area (Å²) in [6.45, 7) is 4.67. The molecule has 0 aromatic heterocycles. The van der Waals surface area contributed by atoms with Crippen molar-refractivity contribution in [3.05, 3.63) is 0 Å². The van der Waals surface area contributed by atoms with E-state index in [4.69, 9.17) is 0 Å². The lowest BCUT2D eigenvalue weighted by molar-refractivity contribution is 0.504. The van der Waals surface area contributed by atoms with Crippen LogP contribution < -0.4 is 0 Å². The molecule has 0 amide bonds. The molecule has 0 atom stereocenters. The molecule has 0 aliphatic heterocycles. The summed E-state index contributed by atoms with van der Waals surface area (Å²) in [7, 11) is 0. The molecule has 0 N–H and O–H groups in total. The minimum absolute atomic E-state index is 0.900. The highest BCUT2D eigenvalue weighted by Crippen LogP contribution is 2.14. The summed E-state index contributed by atoms with van der Waals surface area (Å²) in [5.74, 6) is 0.900. The van der Waals surface area contributed by atoms with E-state index in [1.165, 1.54) is 87.9 Å². The lowest BCUT2D eigenvalue weighted by Crippen LogP contribution is -1.87. The molecule has 18 heavy (non-hydrogen) atoms. The molecule has 1 heteroatoms. The fourth-order valence-electron chi connectivity index (χ4n) is 2.41. The second kappa shape index (κ2) is 15.8. The van der Waals surface area contributed by atoms with Gasteiger partial charge in [-0.3, -0.25) is 0 Å². The Balaban J connectivity index is 2.90. The third-order valence-electron chi connectivity index (χ3n) is 3.67. The molecule has 0 saturated carbocycles. The van der Waals surface area contributed by atoms with E-state index in [2.05, 4.69) is 36.4 Å². The number of rotatable bonds is 14. The topological polar surface area (TPSA) is 0 Å². The molecule has 0 aromatic rings. The largest absolute Gasteiger partial charge is 0.0864 e. The third-order valence-corrected chi connectivity index (χ3v) is 4.43. The molecule has 0 spiro atoms. The molecule has 0 radical (unpaired) electrons. The van der Waals surface area contributed by atoms with E-state index in [1.807, 2.05) is 0 Å². The first kappa shape index (κ1) is 18.7. The quantitative estimate of drug-likeness (QED) is 0.174. The maximum absolute atomic E-state index is 2.48. The molecule has 0 bridgehead atoms. The smallest absolute Gasteiger partial charge is 0.000473 e. The minimum atomic E-state index is 0.900. The summed E-state index contributed by atoms with van der Waals surface area (Å²) in [6, 6.07) is 0. The van der Waals surface area contributed by atoms with Gasteiger partial charge in [-0.15, -0.1) is 0 Å². The van der Waals surface area contributed by atoms with E-state index in [0.717, 1.165) is 5.92 Å². The Hall–Kier alpha value is 0.730. The molecule has 0 aromatic carbocycles. The Labute approximate surface area is 130 Å². The number of unbranched alkanes of at least 4 members (excludes halogenated alkanes) is 11. The van der Waals surface area contributed by atoms with Gasteiger partial charge in [0.1, 0.15) is 0 Å². The van der Waals surface area contributed by atoms with Crippen molar-refractivity contribution in [3.63, 3.8) is 0 Å². The van der Waals surface area contributed by atoms with Crippen LogP contribution in [-0.4, -0.2) is 4.43 Å². The van der Waals surface area contributed by atoms with Crippen LogP contribution in [0.15, 0.2) is 0 Å². The van der Waals surface area contributed by atoms with Gasteiger partial charge in [0.25, 0.3) is 0 Å². The van der Waals surface area contributed by atoms with Crippen molar-refractivity contribution in [2.75, 3.05) is 4.43 Å². The zero-order chi connectivity index (χ0) is 13.5. The molecule has 110 valence electrons. The van der Waals surface area contributed by atoms with E-state index in [9.17, 15) is 0 Å². The van der Waals surface area contributed by atoms with E-state index < -0.39 is 0 Å². The van der Waals surface area contributed by atoms with Crippen molar-refractivity contribution in [2.24, 2.45) is 5.92 Å². The molecule has 0 fully saturated rings. The Morgan fingerprint density at radius 3 is 1.22 bits per heavy atom. The van der Waals surface area contributed by atoms with Crippen molar-refractivity contribution in [2.45, 2.75) is 97.3 Å². The summed E-state index contributed by atoms with van der Waals surface area (Å²) in [6.07, 6.45) is 19.1. The standard InChI is InChI=1S/C17H35I/c1-17(2)15-13-11-9-7-5-3-4-6-8-10-12-14-16-18/h17H,3-16H2,1-2H3. The van der Waals surface area contributed by atoms with Crippen LogP contribution in [0.25, 0.3) is 0 Å². The maximum Gasteiger partial charge on any atom is -0.000473 e. The maximum atomic E-state index is 2.48. The van der Waals surface area contributed by atoms with Gasteiger partial charge in [-0.1, -0.05) is 113 Å². The second-order valence-electron chi connectivity index (χ2n) is 6.11. The first-order chi connectivity index (χ1) is 8.77. The Morgan fingerprint density at radius 2 is 0.889 bits per heavy atom. The van der Waals surface area contributed by atoms with Crippen molar-refractivity contribution >= 4 is 22.6 Å². The van der Waals surface area contributed by atoms with Gasteiger partial charge in [0, 0.05) is 0 Å². The van der Waals surface area contributed by atoms with Gasteiger partial charge in [-0.25, -0.2) is 0 Å². The van der Waals surface area contributed by atoms with Crippen LogP contribution in [0.4, 0.5) is 0 Å². The van der Waals surface area contributed by atoms with Crippen LogP contribution in [0.3, 0.4) is 0 Å². The monoisotopic (exact) mass is 366 g/mol. The summed E-state index contributed by atoms with van der Waals surface area (Å²) in [5, 5.41) is 0. The Kier molecular flexibility index (Phi) is 16.4. The molecule has 0 rings (SSSR count). The number of hydrogen-bond donors (Lipinski definition) is 0. The normalized spacial score (nSPS) is 11.3. The average molecular weight is 366 g/mol. The molecule has 0 heterocycles. The fraction of sp³-hybridized carbons (Fsp3) is 1.00. The molecular formula is C17H35I. The predicted octanol–water partition coefficient (Wildman–Crippen LogP) is 7.15. The Bertz CT molecular complexity index is 143. The van der Waals surface area contributed by atoms with Gasteiger partial charge in [0.2, 0.25) is 0 Å². The summed E-state index contributed by atoms with van der Waals surface area (Å²) in [4.78, 5) is 0. The van der Waals surface area contributed by atoms with Crippen LogP contribution in [0, 0.1) is 5.92 Å². The molecule has 0 aliphatic rings. The van der Waals surface area contributed by atoms with Crippen molar-refractivity contribution in [1.82, 2.24) is 0 Å². The van der Waals surface area contributed by atoms with Gasteiger partial charge in [0.05, 0.1) is 0 Å². The van der Waals surface area contributed by atoms with E-state index >= 15 is 0 Å². The SMILES string of the molecule is CC(C)CCCCCCCCCCCCCCI. The zero-order valence-corrected chi connectivity index (χ0v) is 15.0. The number of halogens is 1. The Morgan fingerprint density at radius 1 is 0.556 bits per heavy atom. The summed E-state index contributed by atoms with van der Waals surface area (Å²) < 4.78 is 1.34. The van der Waals surface area contributed by atoms with E-state index in [1.54, 1.807) is 0 Å². The number of hydrogen-bond acceptors (Lipinski definition) is 0. The van der Waals surface area contributed by atoms with E-state index in [-0.39, 0.29) is 0 Å². The van der Waals surface area contributed by atoms with Crippen molar-refractivity contribution in [3.8, 4) is 0 Å². The average Bonchev–Trinajstić information content (AvgIpc) is 2.34. The van der Waals surface area contributed by atoms with Crippen molar-refractivity contribution < 1.29 is 0 Å². The van der Waals surface area contributed by atoms with Crippen molar-refractivity contribution in [1.29, 1.82) is 0 Å². The van der Waals surface area contributed by atoms with Gasteiger partial charge in [-0.2, -0.15) is 0 Å². The summed E-state index contributed by atoms with van der Waals surface area (Å²) >= 11 is 2.48. The fourth-order valence-corrected chi connectivity index (χ4v) is 2.95. The molecule has 0 unspecified atom stereocenters. The first-order valence-electron chi connectivity index (χ1n) is 8.33. The molecule has 0 aliphatic carbocycles. The minimum Gasteiger partial charge on any atom is -0.0864 e. The van der Waals surface area contributed by atoms with Crippen LogP contribution in [-0.2, 0) is 0 Å². The number of alkyl halides is 1. The van der Waals surface area contributed by atoms with Crippen LogP contribution in [0.1, 0.15) is 97.3 Å². The van der Waals surface area contributed by atoms with Gasteiger partial charge in [0.15, 0.2) is 0 Å². The summed E-state index contributed by atoms with van der Waals surface area (Å²) in [5.41, 5.74) is 0. The molecule has 0 saturated heterocycles. The molecule has 0 nitrogen and oxygen atoms in total. The van der Waals surface area contributed by atoms with E-state index in [0.29, 0.717) is 0 Å². The molecular weight excluding hydrogens is 331 g/mol.